The molecule has 51 heavy (non-hydrogen) atoms. The monoisotopic (exact) mass is 707 g/mol. The Kier molecular flexibility index (Phi) is 16.2. The van der Waals surface area contributed by atoms with Crippen molar-refractivity contribution >= 4 is 11.9 Å². The van der Waals surface area contributed by atoms with Crippen molar-refractivity contribution in [1.82, 2.24) is 4.90 Å². The van der Waals surface area contributed by atoms with Crippen LogP contribution in [-0.4, -0.2) is 82.7 Å². The van der Waals surface area contributed by atoms with Crippen LogP contribution in [0.1, 0.15) is 81.8 Å². The minimum Gasteiger partial charge on any atom is -0.497 e. The highest BCUT2D eigenvalue weighted by Gasteiger charge is 2.41. The van der Waals surface area contributed by atoms with Gasteiger partial charge < -0.3 is 38.1 Å². The zero-order valence-corrected chi connectivity index (χ0v) is 30.9. The first-order valence-electron chi connectivity index (χ1n) is 18.3. The van der Waals surface area contributed by atoms with Crippen LogP contribution in [-0.2, 0) is 30.4 Å². The Balaban J connectivity index is 1.56. The van der Waals surface area contributed by atoms with Gasteiger partial charge in [-0.1, -0.05) is 43.5 Å². The lowest BCUT2D eigenvalue weighted by atomic mass is 9.75. The van der Waals surface area contributed by atoms with Crippen molar-refractivity contribution < 1.29 is 42.7 Å². The maximum absolute atomic E-state index is 14.9. The third-order valence-corrected chi connectivity index (χ3v) is 9.69. The molecule has 0 bridgehead atoms. The molecular formula is C41H57NO9. The van der Waals surface area contributed by atoms with Crippen LogP contribution in [0.3, 0.4) is 0 Å². The second-order valence-corrected chi connectivity index (χ2v) is 13.4. The highest BCUT2D eigenvalue weighted by atomic mass is 16.6. The van der Waals surface area contributed by atoms with Gasteiger partial charge in [-0.3, -0.25) is 4.79 Å². The van der Waals surface area contributed by atoms with E-state index in [1.165, 1.54) is 0 Å². The van der Waals surface area contributed by atoms with Crippen LogP contribution in [0, 0.1) is 5.92 Å². The molecule has 1 amide bonds. The van der Waals surface area contributed by atoms with Crippen molar-refractivity contribution in [2.75, 3.05) is 47.7 Å². The summed E-state index contributed by atoms with van der Waals surface area (Å²) in [5, 5.41) is 0. The van der Waals surface area contributed by atoms with Gasteiger partial charge >= 0.3 is 5.97 Å². The lowest BCUT2D eigenvalue weighted by molar-refractivity contribution is -0.164. The molecule has 2 aromatic carbocycles. The van der Waals surface area contributed by atoms with E-state index < -0.39 is 24.0 Å². The topological polar surface area (TPSA) is 102 Å². The number of benzene rings is 2. The molecule has 0 radical (unpaired) electrons. The summed E-state index contributed by atoms with van der Waals surface area (Å²) in [5.74, 6) is 1.32. The molecule has 2 aliphatic rings. The lowest BCUT2D eigenvalue weighted by Crippen LogP contribution is -2.52. The van der Waals surface area contributed by atoms with E-state index in [1.54, 1.807) is 38.4 Å². The Morgan fingerprint density at radius 3 is 2.27 bits per heavy atom. The van der Waals surface area contributed by atoms with E-state index in [9.17, 15) is 9.59 Å². The predicted octanol–water partition coefficient (Wildman–Crippen LogP) is 7.43. The number of methoxy groups -OCH3 is 3. The van der Waals surface area contributed by atoms with E-state index in [0.29, 0.717) is 49.8 Å². The number of rotatable bonds is 20. The Hall–Kier alpha value is -4.02. The first kappa shape index (κ1) is 39.8. The van der Waals surface area contributed by atoms with Crippen molar-refractivity contribution in [2.24, 2.45) is 5.92 Å². The molecule has 1 aliphatic heterocycles. The summed E-state index contributed by atoms with van der Waals surface area (Å²) in [6.07, 6.45) is 10.4. The number of amides is 1. The Morgan fingerprint density at radius 2 is 1.61 bits per heavy atom. The number of carbonyl (C=O) groups is 2. The maximum atomic E-state index is 14.9. The second-order valence-electron chi connectivity index (χ2n) is 13.4. The summed E-state index contributed by atoms with van der Waals surface area (Å²) in [6, 6.07) is 10.7. The van der Waals surface area contributed by atoms with Gasteiger partial charge in [0.2, 0.25) is 11.7 Å². The van der Waals surface area contributed by atoms with Gasteiger partial charge in [0, 0.05) is 13.0 Å². The zero-order chi connectivity index (χ0) is 36.6. The number of piperidine rings is 1. The van der Waals surface area contributed by atoms with Crippen LogP contribution < -0.4 is 18.9 Å². The van der Waals surface area contributed by atoms with Gasteiger partial charge in [0.1, 0.15) is 24.5 Å². The second kappa shape index (κ2) is 20.7. The molecule has 4 atom stereocenters. The molecule has 0 spiro atoms. The number of carbonyl (C=O) groups excluding carboxylic acids is 2. The summed E-state index contributed by atoms with van der Waals surface area (Å²) >= 11 is 0. The highest BCUT2D eigenvalue weighted by molar-refractivity contribution is 5.89. The van der Waals surface area contributed by atoms with Crippen LogP contribution in [0.5, 0.6) is 23.0 Å². The number of likely N-dealkylation sites (tertiary alicyclic amines) is 1. The molecule has 0 aromatic heterocycles. The van der Waals surface area contributed by atoms with Crippen LogP contribution in [0.25, 0.3) is 0 Å². The molecule has 2 fully saturated rings. The number of nitrogens with zero attached hydrogens (tertiary/aromatic N) is 1. The largest absolute Gasteiger partial charge is 0.497 e. The number of esters is 1. The van der Waals surface area contributed by atoms with Crippen LogP contribution in [0.15, 0.2) is 61.7 Å². The molecule has 1 heterocycles. The predicted molar refractivity (Wildman–Crippen MR) is 197 cm³/mol. The molecule has 4 rings (SSSR count). The average molecular weight is 708 g/mol. The van der Waals surface area contributed by atoms with Crippen molar-refractivity contribution in [2.45, 2.75) is 95.5 Å². The summed E-state index contributed by atoms with van der Waals surface area (Å²) in [6.45, 7) is 11.2. The van der Waals surface area contributed by atoms with Crippen LogP contribution in [0.4, 0.5) is 0 Å². The van der Waals surface area contributed by atoms with E-state index in [0.717, 1.165) is 61.8 Å². The van der Waals surface area contributed by atoms with E-state index in [1.807, 2.05) is 43.3 Å². The molecule has 10 nitrogen and oxygen atoms in total. The van der Waals surface area contributed by atoms with E-state index >= 15 is 0 Å². The average Bonchev–Trinajstić information content (AvgIpc) is 3.16. The summed E-state index contributed by atoms with van der Waals surface area (Å²) in [7, 11) is 4.78. The fourth-order valence-corrected chi connectivity index (χ4v) is 7.04. The summed E-state index contributed by atoms with van der Waals surface area (Å²) in [4.78, 5) is 30.5. The quantitative estimate of drug-likeness (QED) is 0.103. The number of hydrogen-bond acceptors (Lipinski definition) is 9. The maximum Gasteiger partial charge on any atom is 0.329 e. The fraction of sp³-hybridized carbons (Fsp3) is 0.561. The van der Waals surface area contributed by atoms with Crippen molar-refractivity contribution in [3.63, 3.8) is 0 Å². The minimum atomic E-state index is -0.690. The smallest absolute Gasteiger partial charge is 0.329 e. The third kappa shape index (κ3) is 11.2. The van der Waals surface area contributed by atoms with Gasteiger partial charge in [-0.25, -0.2) is 4.79 Å². The molecule has 1 saturated carbocycles. The molecule has 1 saturated heterocycles. The molecule has 10 heteroatoms. The van der Waals surface area contributed by atoms with Crippen molar-refractivity contribution in [3.05, 3.63) is 72.8 Å². The lowest BCUT2D eigenvalue weighted by Gasteiger charge is -2.39. The van der Waals surface area contributed by atoms with E-state index in [-0.39, 0.29) is 31.1 Å². The van der Waals surface area contributed by atoms with Gasteiger partial charge in [-0.2, -0.15) is 0 Å². The molecule has 2 aromatic rings. The van der Waals surface area contributed by atoms with Gasteiger partial charge in [0.05, 0.1) is 53.2 Å². The van der Waals surface area contributed by atoms with E-state index in [4.69, 9.17) is 33.2 Å². The number of hydrogen-bond donors (Lipinski definition) is 0. The fourth-order valence-electron chi connectivity index (χ4n) is 7.04. The van der Waals surface area contributed by atoms with Gasteiger partial charge in [-0.05, 0) is 80.3 Å². The number of ether oxygens (including phenoxy) is 7. The highest BCUT2D eigenvalue weighted by Crippen LogP contribution is 2.45. The third-order valence-electron chi connectivity index (χ3n) is 9.69. The molecular weight excluding hydrogens is 650 g/mol. The van der Waals surface area contributed by atoms with Gasteiger partial charge in [0.15, 0.2) is 11.5 Å². The molecule has 0 N–H and O–H groups in total. The van der Waals surface area contributed by atoms with Crippen LogP contribution in [0.2, 0.25) is 0 Å². The normalized spacial score (nSPS) is 18.2. The molecule has 0 unspecified atom stereocenters. The molecule has 1 aliphatic carbocycles. The SMILES string of the molecule is C=CCO[C@@H](C)COc1cc([C@@H](C(=O)N2CCCC[C@H]2C(=O)O[C@@H](CC=C)COCc2ccc(OC)cc2)C2CCCCC2)cc(OC)c1OC. The first-order chi connectivity index (χ1) is 24.8. The summed E-state index contributed by atoms with van der Waals surface area (Å²) in [5.41, 5.74) is 1.77. The minimum absolute atomic E-state index is 0.0690. The van der Waals surface area contributed by atoms with Gasteiger partial charge in [0.25, 0.3) is 0 Å². The Morgan fingerprint density at radius 1 is 0.882 bits per heavy atom. The first-order valence-corrected chi connectivity index (χ1v) is 18.3. The van der Waals surface area contributed by atoms with Crippen molar-refractivity contribution in [1.29, 1.82) is 0 Å². The van der Waals surface area contributed by atoms with Crippen LogP contribution >= 0.6 is 0 Å². The standard InChI is InChI=1S/C41H57NO9/c1-7-14-34(28-48-27-30-18-20-33(45-4)21-19-30)51-41(44)35-17-12-13-22-42(35)40(43)38(31-15-10-9-11-16-31)32-24-36(46-5)39(47-6)37(25-32)50-26-29(3)49-23-8-2/h7-8,18-21,24-25,29,31,34-35,38H,1-2,9-17,22-23,26-28H2,3-6H3/t29-,34-,35-,38-/m0/s1. The Bertz CT molecular complexity index is 1400. The summed E-state index contributed by atoms with van der Waals surface area (Å²) < 4.78 is 40.7. The Labute approximate surface area is 304 Å². The molecule has 280 valence electrons. The van der Waals surface area contributed by atoms with E-state index in [2.05, 4.69) is 13.2 Å². The van der Waals surface area contributed by atoms with Crippen molar-refractivity contribution in [3.8, 4) is 23.0 Å². The zero-order valence-electron chi connectivity index (χ0n) is 30.9. The van der Waals surface area contributed by atoms with Gasteiger partial charge in [-0.15, -0.1) is 13.2 Å².